The molecule has 0 N–H and O–H groups in total. The van der Waals surface area contributed by atoms with Crippen molar-refractivity contribution in [2.45, 2.75) is 52.9 Å². The molecule has 0 saturated heterocycles. The van der Waals surface area contributed by atoms with E-state index in [0.717, 1.165) is 0 Å². The molecule has 0 aromatic rings. The molecule has 80 valence electrons. The van der Waals surface area contributed by atoms with Crippen LogP contribution in [0.1, 0.15) is 91.3 Å². The largest absolute Gasteiger partial charge is 0.324 e. The SMILES string of the molecule is [2H]C([2H])([2H])C([2H])([2H])C([2H])([2H])[N+](C([2H])([2H])C([2H])([2H])C([2H])([2H])[2H])(C([2H])([2H])C([2H])([2H])C([2H])([2H])[2H])C([2H])([2H])C([2H])([2H])C([2H])([2H])[2H]. The molecule has 0 aliphatic heterocycles. The summed E-state index contributed by atoms with van der Waals surface area (Å²) in [6, 6.07) is 0. The molecule has 0 heterocycles. The Labute approximate surface area is 124 Å². The number of hydrogen-bond donors (Lipinski definition) is 0. The van der Waals surface area contributed by atoms with Crippen molar-refractivity contribution in [3.8, 4) is 0 Å². The molecule has 0 aliphatic rings. The van der Waals surface area contributed by atoms with Gasteiger partial charge in [-0.3, -0.25) is 0 Å². The van der Waals surface area contributed by atoms with Gasteiger partial charge in [0.05, 0.1) is 37.0 Å². The van der Waals surface area contributed by atoms with Crippen molar-refractivity contribution in [1.29, 1.82) is 0 Å². The molecule has 0 saturated carbocycles. The second-order valence-electron chi connectivity index (χ2n) is 1.62. The highest BCUT2D eigenvalue weighted by Gasteiger charge is 2.22. The van der Waals surface area contributed by atoms with E-state index < -0.39 is 83.4 Å². The van der Waals surface area contributed by atoms with Gasteiger partial charge in [0, 0.05) is 27.4 Å². The number of nitrogens with zero attached hydrogens (tertiary/aromatic N) is 1. The van der Waals surface area contributed by atoms with Gasteiger partial charge in [0.15, 0.2) is 0 Å². The lowest BCUT2D eigenvalue weighted by Gasteiger charge is -2.38. The summed E-state index contributed by atoms with van der Waals surface area (Å²) >= 11 is 0. The fraction of sp³-hybridized carbons (Fsp3) is 1.00. The summed E-state index contributed by atoms with van der Waals surface area (Å²) in [5.74, 6) is 0. The minimum atomic E-state index is -5.47. The Kier molecular flexibility index (Phi) is 0.658. The summed E-state index contributed by atoms with van der Waals surface area (Å²) in [7, 11) is 0. The van der Waals surface area contributed by atoms with E-state index in [1.54, 1.807) is 0 Å². The molecular weight excluding hydrogens is 158 g/mol. The van der Waals surface area contributed by atoms with Crippen LogP contribution in [0.2, 0.25) is 0 Å². The number of hydrogen-bond acceptors (Lipinski definition) is 0. The van der Waals surface area contributed by atoms with E-state index in [4.69, 9.17) is 38.4 Å². The Morgan fingerprint density at radius 2 is 1.08 bits per heavy atom. The zero-order valence-corrected chi connectivity index (χ0v) is 6.45. The quantitative estimate of drug-likeness (QED) is 0.543. The first-order valence-corrected chi connectivity index (χ1v) is 2.89. The molecule has 0 bridgehead atoms. The number of quaternary nitrogens is 1. The lowest BCUT2D eigenvalue weighted by molar-refractivity contribution is -0.928. The van der Waals surface area contributed by atoms with Gasteiger partial charge in [-0.1, -0.05) is 27.4 Å². The molecule has 0 aromatic carbocycles. The van der Waals surface area contributed by atoms with Gasteiger partial charge < -0.3 is 4.48 Å². The molecule has 0 unspecified atom stereocenters. The van der Waals surface area contributed by atoms with E-state index >= 15 is 0 Å². The Hall–Kier alpha value is -0.0400. The molecule has 1 heteroatoms. The molecule has 0 amide bonds. The van der Waals surface area contributed by atoms with E-state index in [9.17, 15) is 0 Å². The summed E-state index contributed by atoms with van der Waals surface area (Å²) in [5.41, 5.74) is 0. The van der Waals surface area contributed by atoms with Crippen molar-refractivity contribution in [1.82, 2.24) is 0 Å². The Morgan fingerprint density at radius 3 is 1.31 bits per heavy atom. The van der Waals surface area contributed by atoms with Crippen molar-refractivity contribution in [3.05, 3.63) is 0 Å². The fourth-order valence-electron chi connectivity index (χ4n) is 0.503. The van der Waals surface area contributed by atoms with Crippen molar-refractivity contribution in [2.24, 2.45) is 0 Å². The highest BCUT2D eigenvalue weighted by Crippen LogP contribution is 2.12. The minimum Gasteiger partial charge on any atom is -0.324 e. The topological polar surface area (TPSA) is 0 Å². The van der Waals surface area contributed by atoms with Gasteiger partial charge in [-0.15, -0.1) is 0 Å². The standard InChI is InChI=1S/C12H28N/c1-5-9-13(10-6-2,11-7-3)12-8-4/h5-12H2,1-4H3/q+1/i1D3,2D3,3D3,4D3,5D2,6D2,7D2,8D2,9D2,10D2,11D2,12D2. The van der Waals surface area contributed by atoms with Crippen LogP contribution in [-0.2, 0) is 0 Å². The highest BCUT2D eigenvalue weighted by atomic mass is 15.3. The van der Waals surface area contributed by atoms with Crippen LogP contribution in [0.25, 0.3) is 0 Å². The summed E-state index contributed by atoms with van der Waals surface area (Å²) in [5, 5.41) is 0. The van der Waals surface area contributed by atoms with E-state index in [1.807, 2.05) is 0 Å². The van der Waals surface area contributed by atoms with Crippen molar-refractivity contribution < 1.29 is 42.9 Å². The molecule has 0 aliphatic carbocycles. The van der Waals surface area contributed by atoms with Crippen LogP contribution < -0.4 is 0 Å². The zero-order valence-electron chi connectivity index (χ0n) is 34.4. The Balaban J connectivity index is 9.50. The monoisotopic (exact) mass is 214 g/mol. The first-order chi connectivity index (χ1) is 17.0. The predicted molar refractivity (Wildman–Crippen MR) is 60.9 cm³/mol. The van der Waals surface area contributed by atoms with Crippen LogP contribution in [0.5, 0.6) is 0 Å². The van der Waals surface area contributed by atoms with Gasteiger partial charge >= 0.3 is 0 Å². The first kappa shape index (κ1) is 1.16. The summed E-state index contributed by atoms with van der Waals surface area (Å²) < 4.78 is 216. The normalized spacial score (nSPS) is 56.6. The maximum Gasteiger partial charge on any atom is 0.0924 e. The maximum absolute atomic E-state index is 8.44. The van der Waals surface area contributed by atoms with Gasteiger partial charge in [0.2, 0.25) is 0 Å². The molecule has 1 nitrogen and oxygen atoms in total. The van der Waals surface area contributed by atoms with Crippen LogP contribution in [0.15, 0.2) is 0 Å². The summed E-state index contributed by atoms with van der Waals surface area (Å²) in [6.07, 6.45) is -19.8. The maximum atomic E-state index is 8.44. The van der Waals surface area contributed by atoms with Crippen molar-refractivity contribution >= 4 is 0 Å². The third-order valence-electron chi connectivity index (χ3n) is 0.894. The van der Waals surface area contributed by atoms with E-state index in [1.165, 1.54) is 0 Å². The van der Waals surface area contributed by atoms with E-state index in [0.29, 0.717) is 0 Å². The lowest BCUT2D eigenvalue weighted by atomic mass is 10.2. The smallest absolute Gasteiger partial charge is 0.0924 e. The Morgan fingerprint density at radius 1 is 0.769 bits per heavy atom. The fourth-order valence-corrected chi connectivity index (χ4v) is 0.503. The average Bonchev–Trinajstić information content (AvgIpc) is 2.63. The zero-order chi connectivity index (χ0) is 34.5. The minimum absolute atomic E-state index is 4.49. The molecule has 0 aromatic heterocycles. The summed E-state index contributed by atoms with van der Waals surface area (Å²) in [4.78, 5) is 0. The van der Waals surface area contributed by atoms with E-state index in [-0.39, 0.29) is 0 Å². The predicted octanol–water partition coefficient (Wildman–Crippen LogP) is 3.44. The molecule has 0 fully saturated rings. The van der Waals surface area contributed by atoms with Gasteiger partial charge in [-0.2, -0.15) is 0 Å². The van der Waals surface area contributed by atoms with Gasteiger partial charge in [0.25, 0.3) is 0 Å². The molecule has 0 spiro atoms. The van der Waals surface area contributed by atoms with Crippen molar-refractivity contribution in [2.75, 3.05) is 26.0 Å². The van der Waals surface area contributed by atoms with Crippen LogP contribution in [-0.4, -0.2) is 30.5 Å². The van der Waals surface area contributed by atoms with E-state index in [2.05, 4.69) is 0 Å². The third kappa shape index (κ3) is 4.66. The van der Waals surface area contributed by atoms with Crippen LogP contribution >= 0.6 is 0 Å². The molecule has 13 heavy (non-hydrogen) atoms. The number of rotatable bonds is 8. The first-order valence-electron chi connectivity index (χ1n) is 16.9. The lowest BCUT2D eigenvalue weighted by Crippen LogP contribution is -2.50. The molecule has 0 atom stereocenters. The third-order valence-corrected chi connectivity index (χ3v) is 0.894. The molecule has 0 radical (unpaired) electrons. The van der Waals surface area contributed by atoms with Crippen LogP contribution in [0.4, 0.5) is 0 Å². The summed E-state index contributed by atoms with van der Waals surface area (Å²) in [6.45, 7) is -39.8. The van der Waals surface area contributed by atoms with Gasteiger partial charge in [-0.25, -0.2) is 0 Å². The molecular formula is C12H28N+. The van der Waals surface area contributed by atoms with Crippen molar-refractivity contribution in [3.63, 3.8) is 0 Å². The van der Waals surface area contributed by atoms with Crippen LogP contribution in [0, 0.1) is 0 Å². The van der Waals surface area contributed by atoms with Gasteiger partial charge in [0.1, 0.15) is 0 Å². The Bertz CT molecular complexity index is 793. The average molecular weight is 215 g/mol. The highest BCUT2D eigenvalue weighted by molar-refractivity contribution is 4.43. The van der Waals surface area contributed by atoms with Gasteiger partial charge in [-0.05, 0) is 25.5 Å². The molecule has 0 rings (SSSR count). The van der Waals surface area contributed by atoms with Crippen LogP contribution in [0.3, 0.4) is 0 Å². The second-order valence-corrected chi connectivity index (χ2v) is 1.62. The second kappa shape index (κ2) is 7.37.